The molecule has 2 atom stereocenters. The summed E-state index contributed by atoms with van der Waals surface area (Å²) in [6.07, 6.45) is 1.82. The van der Waals surface area contributed by atoms with Gasteiger partial charge in [-0.2, -0.15) is 0 Å². The molecule has 1 fully saturated rings. The summed E-state index contributed by atoms with van der Waals surface area (Å²) in [5, 5.41) is 3.05. The Morgan fingerprint density at radius 1 is 1.14 bits per heavy atom. The molecule has 1 amide bonds. The normalized spacial score (nSPS) is 19.5. The second-order valence-corrected chi connectivity index (χ2v) is 5.75. The van der Waals surface area contributed by atoms with Crippen molar-refractivity contribution in [2.75, 3.05) is 13.7 Å². The second-order valence-electron chi connectivity index (χ2n) is 5.75. The van der Waals surface area contributed by atoms with E-state index in [-0.39, 0.29) is 11.8 Å². The number of ether oxygens (including phenoxy) is 1. The Labute approximate surface area is 131 Å². The Kier molecular flexibility index (Phi) is 4.42. The largest absolute Gasteiger partial charge is 0.497 e. The van der Waals surface area contributed by atoms with Gasteiger partial charge in [0.05, 0.1) is 7.11 Å². The minimum absolute atomic E-state index is 0.151. The van der Waals surface area contributed by atoms with Gasteiger partial charge in [-0.1, -0.05) is 42.5 Å². The highest BCUT2D eigenvalue weighted by Gasteiger charge is 2.43. The van der Waals surface area contributed by atoms with Crippen LogP contribution in [0.25, 0.3) is 0 Å². The number of carbonyl (C=O) groups is 1. The van der Waals surface area contributed by atoms with E-state index >= 15 is 0 Å². The summed E-state index contributed by atoms with van der Waals surface area (Å²) in [6.45, 7) is 0.684. The molecule has 3 rings (SSSR count). The summed E-state index contributed by atoms with van der Waals surface area (Å²) in [7, 11) is 1.66. The first-order chi connectivity index (χ1) is 10.8. The zero-order valence-electron chi connectivity index (χ0n) is 12.8. The Morgan fingerprint density at radius 3 is 2.55 bits per heavy atom. The molecule has 114 valence electrons. The van der Waals surface area contributed by atoms with Crippen molar-refractivity contribution >= 4 is 5.91 Å². The molecule has 2 aromatic rings. The number of amides is 1. The van der Waals surface area contributed by atoms with Crippen molar-refractivity contribution in [3.05, 3.63) is 65.7 Å². The van der Waals surface area contributed by atoms with Crippen LogP contribution in [0.5, 0.6) is 5.75 Å². The van der Waals surface area contributed by atoms with Crippen LogP contribution in [0.1, 0.15) is 23.5 Å². The van der Waals surface area contributed by atoms with E-state index in [9.17, 15) is 4.79 Å². The number of rotatable bonds is 6. The smallest absolute Gasteiger partial charge is 0.223 e. The number of carbonyl (C=O) groups excluding carboxylic acids is 1. The standard InChI is InChI=1S/C19H21NO2/c1-22-16-9-7-14(8-10-16)11-12-20-19(21)18-13-17(18)15-5-3-2-4-6-15/h2-10,17-18H,11-13H2,1H3,(H,20,21)/t17-,18-/m1/s1. The van der Waals surface area contributed by atoms with Crippen LogP contribution in [0.15, 0.2) is 54.6 Å². The molecule has 0 saturated heterocycles. The molecule has 0 spiro atoms. The molecular weight excluding hydrogens is 274 g/mol. The van der Waals surface area contributed by atoms with Gasteiger partial charge >= 0.3 is 0 Å². The molecule has 0 aliphatic heterocycles. The maximum atomic E-state index is 12.1. The molecule has 0 unspecified atom stereocenters. The van der Waals surface area contributed by atoms with Crippen LogP contribution in [0, 0.1) is 5.92 Å². The van der Waals surface area contributed by atoms with Crippen molar-refractivity contribution < 1.29 is 9.53 Å². The number of hydrogen-bond acceptors (Lipinski definition) is 2. The summed E-state index contributed by atoms with van der Waals surface area (Å²) in [6, 6.07) is 18.3. The minimum atomic E-state index is 0.151. The van der Waals surface area contributed by atoms with E-state index < -0.39 is 0 Å². The van der Waals surface area contributed by atoms with E-state index in [0.717, 1.165) is 18.6 Å². The molecule has 2 aromatic carbocycles. The SMILES string of the molecule is COc1ccc(CCNC(=O)[C@@H]2C[C@@H]2c2ccccc2)cc1. The van der Waals surface area contributed by atoms with Crippen LogP contribution >= 0.6 is 0 Å². The van der Waals surface area contributed by atoms with Crippen molar-refractivity contribution in [1.82, 2.24) is 5.32 Å². The molecular formula is C19H21NO2. The Hall–Kier alpha value is -2.29. The molecule has 1 aliphatic carbocycles. The lowest BCUT2D eigenvalue weighted by molar-refractivity contribution is -0.122. The van der Waals surface area contributed by atoms with E-state index in [2.05, 4.69) is 17.4 Å². The summed E-state index contributed by atoms with van der Waals surface area (Å²) < 4.78 is 5.14. The topological polar surface area (TPSA) is 38.3 Å². The third-order valence-corrected chi connectivity index (χ3v) is 4.23. The van der Waals surface area contributed by atoms with Gasteiger partial charge in [-0.05, 0) is 42.0 Å². The Balaban J connectivity index is 1.43. The van der Waals surface area contributed by atoms with E-state index in [1.807, 2.05) is 42.5 Å². The molecule has 3 nitrogen and oxygen atoms in total. The quantitative estimate of drug-likeness (QED) is 0.889. The highest BCUT2D eigenvalue weighted by molar-refractivity contribution is 5.82. The summed E-state index contributed by atoms with van der Waals surface area (Å²) >= 11 is 0. The van der Waals surface area contributed by atoms with Crippen LogP contribution in [0.2, 0.25) is 0 Å². The zero-order valence-corrected chi connectivity index (χ0v) is 12.8. The van der Waals surface area contributed by atoms with Crippen LogP contribution < -0.4 is 10.1 Å². The zero-order chi connectivity index (χ0) is 15.4. The van der Waals surface area contributed by atoms with Crippen LogP contribution in [0.3, 0.4) is 0 Å². The maximum Gasteiger partial charge on any atom is 0.223 e. The Morgan fingerprint density at radius 2 is 1.86 bits per heavy atom. The number of benzene rings is 2. The Bertz CT molecular complexity index is 622. The van der Waals surface area contributed by atoms with Gasteiger partial charge in [-0.25, -0.2) is 0 Å². The fourth-order valence-electron chi connectivity index (χ4n) is 2.81. The average Bonchev–Trinajstić information content (AvgIpc) is 3.37. The van der Waals surface area contributed by atoms with Gasteiger partial charge in [0, 0.05) is 12.5 Å². The monoisotopic (exact) mass is 295 g/mol. The van der Waals surface area contributed by atoms with Gasteiger partial charge in [0.15, 0.2) is 0 Å². The van der Waals surface area contributed by atoms with E-state index in [0.29, 0.717) is 12.5 Å². The van der Waals surface area contributed by atoms with E-state index in [1.54, 1.807) is 7.11 Å². The molecule has 22 heavy (non-hydrogen) atoms. The molecule has 3 heteroatoms. The predicted molar refractivity (Wildman–Crippen MR) is 87.0 cm³/mol. The van der Waals surface area contributed by atoms with Gasteiger partial charge in [0.1, 0.15) is 5.75 Å². The predicted octanol–water partition coefficient (Wildman–Crippen LogP) is 3.16. The van der Waals surface area contributed by atoms with Crippen LogP contribution in [-0.4, -0.2) is 19.6 Å². The van der Waals surface area contributed by atoms with E-state index in [4.69, 9.17) is 4.74 Å². The minimum Gasteiger partial charge on any atom is -0.497 e. The fourth-order valence-corrected chi connectivity index (χ4v) is 2.81. The lowest BCUT2D eigenvalue weighted by Crippen LogP contribution is -2.27. The molecule has 0 radical (unpaired) electrons. The number of nitrogens with one attached hydrogen (secondary N) is 1. The van der Waals surface area contributed by atoms with Crippen LogP contribution in [-0.2, 0) is 11.2 Å². The first-order valence-electron chi connectivity index (χ1n) is 7.73. The summed E-state index contributed by atoms with van der Waals surface area (Å²) in [5.74, 6) is 1.60. The number of methoxy groups -OCH3 is 1. The lowest BCUT2D eigenvalue weighted by Gasteiger charge is -2.06. The van der Waals surface area contributed by atoms with Gasteiger partial charge < -0.3 is 10.1 Å². The lowest BCUT2D eigenvalue weighted by atomic mass is 10.1. The highest BCUT2D eigenvalue weighted by Crippen LogP contribution is 2.47. The van der Waals surface area contributed by atoms with Gasteiger partial charge in [-0.3, -0.25) is 4.79 Å². The molecule has 1 aliphatic rings. The third kappa shape index (κ3) is 3.48. The van der Waals surface area contributed by atoms with Gasteiger partial charge in [-0.15, -0.1) is 0 Å². The van der Waals surface area contributed by atoms with Crippen molar-refractivity contribution in [3.8, 4) is 5.75 Å². The number of hydrogen-bond donors (Lipinski definition) is 1. The maximum absolute atomic E-state index is 12.1. The van der Waals surface area contributed by atoms with Gasteiger partial charge in [0.25, 0.3) is 0 Å². The second kappa shape index (κ2) is 6.65. The van der Waals surface area contributed by atoms with Crippen LogP contribution in [0.4, 0.5) is 0 Å². The molecule has 0 bridgehead atoms. The first-order valence-corrected chi connectivity index (χ1v) is 7.73. The van der Waals surface area contributed by atoms with Crippen molar-refractivity contribution in [3.63, 3.8) is 0 Å². The van der Waals surface area contributed by atoms with E-state index in [1.165, 1.54) is 11.1 Å². The third-order valence-electron chi connectivity index (χ3n) is 4.23. The summed E-state index contributed by atoms with van der Waals surface area (Å²) in [4.78, 5) is 12.1. The molecule has 0 aromatic heterocycles. The molecule has 1 saturated carbocycles. The van der Waals surface area contributed by atoms with Crippen molar-refractivity contribution in [2.45, 2.75) is 18.8 Å². The average molecular weight is 295 g/mol. The van der Waals surface area contributed by atoms with Crippen molar-refractivity contribution in [1.29, 1.82) is 0 Å². The van der Waals surface area contributed by atoms with Gasteiger partial charge in [0.2, 0.25) is 5.91 Å². The highest BCUT2D eigenvalue weighted by atomic mass is 16.5. The first kappa shape index (κ1) is 14.6. The fraction of sp³-hybridized carbons (Fsp3) is 0.316. The molecule has 1 N–H and O–H groups in total. The summed E-state index contributed by atoms with van der Waals surface area (Å²) in [5.41, 5.74) is 2.48. The van der Waals surface area contributed by atoms with Crippen molar-refractivity contribution in [2.24, 2.45) is 5.92 Å². The molecule has 0 heterocycles.